The van der Waals surface area contributed by atoms with E-state index in [0.717, 1.165) is 4.90 Å². The Morgan fingerprint density at radius 3 is 2.67 bits per heavy atom. The lowest BCUT2D eigenvalue weighted by Crippen LogP contribution is -2.41. The van der Waals surface area contributed by atoms with Crippen LogP contribution in [0.15, 0.2) is 12.4 Å². The van der Waals surface area contributed by atoms with Crippen molar-refractivity contribution in [3.63, 3.8) is 0 Å². The molecule has 1 fully saturated rings. The molecule has 1 aliphatic heterocycles. The molecular formula is C10H10ClN3O4. The minimum atomic E-state index is -1.15. The van der Waals surface area contributed by atoms with Crippen LogP contribution < -0.4 is 0 Å². The molecular weight excluding hydrogens is 262 g/mol. The number of likely N-dealkylation sites (tertiary alicyclic amines) is 1. The second kappa shape index (κ2) is 4.87. The van der Waals surface area contributed by atoms with Gasteiger partial charge in [0.15, 0.2) is 0 Å². The first-order valence-corrected chi connectivity index (χ1v) is 5.56. The number of carboxylic acids is 1. The molecule has 8 heteroatoms. The van der Waals surface area contributed by atoms with Gasteiger partial charge >= 0.3 is 5.97 Å². The number of nitrogens with zero attached hydrogens (tertiary/aromatic N) is 3. The van der Waals surface area contributed by atoms with Crippen molar-refractivity contribution in [2.45, 2.75) is 18.6 Å². The van der Waals surface area contributed by atoms with Gasteiger partial charge in [-0.15, -0.1) is 0 Å². The summed E-state index contributed by atoms with van der Waals surface area (Å²) >= 11 is 5.55. The molecule has 1 aromatic heterocycles. The number of carbonyl (C=O) groups is 2. The summed E-state index contributed by atoms with van der Waals surface area (Å²) in [6.07, 6.45) is 1.56. The smallest absolute Gasteiger partial charge is 0.326 e. The molecule has 2 N–H and O–H groups in total. The Morgan fingerprint density at radius 1 is 1.39 bits per heavy atom. The number of hydrogen-bond acceptors (Lipinski definition) is 5. The fraction of sp³-hybridized carbons (Fsp3) is 0.400. The molecule has 7 nitrogen and oxygen atoms in total. The predicted octanol–water partition coefficient (Wildman–Crippen LogP) is -0.210. The van der Waals surface area contributed by atoms with Gasteiger partial charge in [0.25, 0.3) is 5.91 Å². The zero-order valence-electron chi connectivity index (χ0n) is 9.15. The Hall–Kier alpha value is -1.73. The van der Waals surface area contributed by atoms with E-state index in [9.17, 15) is 14.7 Å². The summed E-state index contributed by atoms with van der Waals surface area (Å²) < 4.78 is 0. The topological polar surface area (TPSA) is 104 Å². The third-order valence-electron chi connectivity index (χ3n) is 2.66. The van der Waals surface area contributed by atoms with Gasteiger partial charge in [-0.2, -0.15) is 0 Å². The number of aliphatic carboxylic acids is 1. The van der Waals surface area contributed by atoms with E-state index in [1.54, 1.807) is 0 Å². The number of aliphatic hydroxyl groups is 1. The van der Waals surface area contributed by atoms with E-state index in [-0.39, 0.29) is 23.8 Å². The van der Waals surface area contributed by atoms with Crippen LogP contribution in [0.25, 0.3) is 0 Å². The SMILES string of the molecule is O=C(O)[C@@H]1CC(O)CN1C(=O)c1cnc(Cl)cn1. The summed E-state index contributed by atoms with van der Waals surface area (Å²) in [5.41, 5.74) is -0.000231. The van der Waals surface area contributed by atoms with Crippen molar-refractivity contribution in [1.29, 1.82) is 0 Å². The number of aromatic nitrogens is 2. The fourth-order valence-corrected chi connectivity index (χ4v) is 1.94. The number of amides is 1. The van der Waals surface area contributed by atoms with E-state index in [1.807, 2.05) is 0 Å². The number of carboxylic acid groups (broad SMARTS) is 1. The van der Waals surface area contributed by atoms with Gasteiger partial charge < -0.3 is 15.1 Å². The Kier molecular flexibility index (Phi) is 3.44. The summed E-state index contributed by atoms with van der Waals surface area (Å²) in [7, 11) is 0. The van der Waals surface area contributed by atoms with Crippen LogP contribution in [0.1, 0.15) is 16.9 Å². The van der Waals surface area contributed by atoms with E-state index in [0.29, 0.717) is 0 Å². The summed E-state index contributed by atoms with van der Waals surface area (Å²) in [4.78, 5) is 31.6. The third-order valence-corrected chi connectivity index (χ3v) is 2.86. The van der Waals surface area contributed by atoms with E-state index in [2.05, 4.69) is 9.97 Å². The summed E-state index contributed by atoms with van der Waals surface area (Å²) in [6.45, 7) is -0.0277. The Morgan fingerprint density at radius 2 is 2.11 bits per heavy atom. The van der Waals surface area contributed by atoms with E-state index in [4.69, 9.17) is 16.7 Å². The summed E-state index contributed by atoms with van der Waals surface area (Å²) in [6, 6.07) is -1.04. The Balaban J connectivity index is 2.22. The Labute approximate surface area is 107 Å². The van der Waals surface area contributed by atoms with Crippen LogP contribution in [-0.4, -0.2) is 55.6 Å². The van der Waals surface area contributed by atoms with Crippen molar-refractivity contribution < 1.29 is 19.8 Å². The van der Waals surface area contributed by atoms with Crippen LogP contribution in [0, 0.1) is 0 Å². The van der Waals surface area contributed by atoms with Crippen LogP contribution in [0.2, 0.25) is 5.15 Å². The highest BCUT2D eigenvalue weighted by molar-refractivity contribution is 6.29. The van der Waals surface area contributed by atoms with Gasteiger partial charge in [-0.1, -0.05) is 11.6 Å². The van der Waals surface area contributed by atoms with E-state index >= 15 is 0 Å². The standard InChI is InChI=1S/C10H10ClN3O4/c11-8-3-12-6(2-13-8)9(16)14-4-5(15)1-7(14)10(17)18/h2-3,5,7,15H,1,4H2,(H,17,18)/t5?,7-/m0/s1. The van der Waals surface area contributed by atoms with E-state index in [1.165, 1.54) is 12.4 Å². The maximum Gasteiger partial charge on any atom is 0.326 e. The maximum atomic E-state index is 12.0. The molecule has 0 aromatic carbocycles. The average Bonchev–Trinajstić information content (AvgIpc) is 2.71. The predicted molar refractivity (Wildman–Crippen MR) is 60.1 cm³/mol. The number of aliphatic hydroxyl groups excluding tert-OH is 1. The molecule has 1 aromatic rings. The molecule has 1 aliphatic rings. The molecule has 0 bridgehead atoms. The van der Waals surface area contributed by atoms with Crippen LogP contribution >= 0.6 is 11.6 Å². The first-order chi connectivity index (χ1) is 8.49. The highest BCUT2D eigenvalue weighted by atomic mass is 35.5. The quantitative estimate of drug-likeness (QED) is 0.771. The van der Waals surface area contributed by atoms with Crippen molar-refractivity contribution >= 4 is 23.5 Å². The lowest BCUT2D eigenvalue weighted by Gasteiger charge is -2.20. The van der Waals surface area contributed by atoms with Crippen molar-refractivity contribution in [2.75, 3.05) is 6.54 Å². The largest absolute Gasteiger partial charge is 0.480 e. The van der Waals surface area contributed by atoms with Crippen LogP contribution in [-0.2, 0) is 4.79 Å². The van der Waals surface area contributed by atoms with Crippen LogP contribution in [0.5, 0.6) is 0 Å². The molecule has 0 spiro atoms. The number of rotatable bonds is 2. The van der Waals surface area contributed by atoms with Crippen molar-refractivity contribution in [1.82, 2.24) is 14.9 Å². The van der Waals surface area contributed by atoms with Gasteiger partial charge in [0.2, 0.25) is 0 Å². The van der Waals surface area contributed by atoms with E-state index < -0.39 is 24.0 Å². The lowest BCUT2D eigenvalue weighted by atomic mass is 10.2. The zero-order chi connectivity index (χ0) is 13.3. The second-order valence-corrected chi connectivity index (χ2v) is 4.31. The van der Waals surface area contributed by atoms with Crippen LogP contribution in [0.3, 0.4) is 0 Å². The molecule has 1 unspecified atom stereocenters. The molecule has 1 amide bonds. The normalized spacial score (nSPS) is 23.1. The minimum absolute atomic E-state index is 0.000231. The molecule has 1 saturated heterocycles. The summed E-state index contributed by atoms with van der Waals surface area (Å²) in [5.74, 6) is -1.73. The van der Waals surface area contributed by atoms with Gasteiger partial charge in [0, 0.05) is 13.0 Å². The lowest BCUT2D eigenvalue weighted by molar-refractivity contribution is -0.141. The molecule has 18 heavy (non-hydrogen) atoms. The van der Waals surface area contributed by atoms with Gasteiger partial charge in [-0.3, -0.25) is 4.79 Å². The molecule has 2 rings (SSSR count). The monoisotopic (exact) mass is 271 g/mol. The van der Waals surface area contributed by atoms with Gasteiger partial charge in [-0.25, -0.2) is 14.8 Å². The van der Waals surface area contributed by atoms with Gasteiger partial charge in [-0.05, 0) is 0 Å². The molecule has 96 valence electrons. The molecule has 2 heterocycles. The van der Waals surface area contributed by atoms with Gasteiger partial charge in [0.1, 0.15) is 16.9 Å². The first-order valence-electron chi connectivity index (χ1n) is 5.18. The number of halogens is 1. The summed E-state index contributed by atoms with van der Waals surface area (Å²) in [5, 5.41) is 18.6. The molecule has 2 atom stereocenters. The molecule has 0 saturated carbocycles. The Bertz CT molecular complexity index is 479. The highest BCUT2D eigenvalue weighted by Crippen LogP contribution is 2.20. The van der Waals surface area contributed by atoms with Crippen molar-refractivity contribution in [3.8, 4) is 0 Å². The molecule has 0 aliphatic carbocycles. The number of hydrogen-bond donors (Lipinski definition) is 2. The average molecular weight is 272 g/mol. The first kappa shape index (κ1) is 12.7. The molecule has 0 radical (unpaired) electrons. The number of β-amino-alcohol motifs (C(OH)–C–C–N with tert-alkyl or cyclic N) is 1. The van der Waals surface area contributed by atoms with Gasteiger partial charge in [0.05, 0.1) is 18.5 Å². The number of carbonyl (C=O) groups excluding carboxylic acids is 1. The van der Waals surface area contributed by atoms with Crippen molar-refractivity contribution in [2.24, 2.45) is 0 Å². The fourth-order valence-electron chi connectivity index (χ4n) is 1.84. The second-order valence-electron chi connectivity index (χ2n) is 3.93. The van der Waals surface area contributed by atoms with Crippen molar-refractivity contribution in [3.05, 3.63) is 23.2 Å². The van der Waals surface area contributed by atoms with Crippen LogP contribution in [0.4, 0.5) is 0 Å². The minimum Gasteiger partial charge on any atom is -0.480 e. The highest BCUT2D eigenvalue weighted by Gasteiger charge is 2.39. The maximum absolute atomic E-state index is 12.0. The zero-order valence-corrected chi connectivity index (χ0v) is 9.91. The third kappa shape index (κ3) is 2.41.